The molecule has 0 radical (unpaired) electrons. The van der Waals surface area contributed by atoms with E-state index in [1.54, 1.807) is 0 Å². The Morgan fingerprint density at radius 3 is 2.00 bits per heavy atom. The lowest BCUT2D eigenvalue weighted by Gasteiger charge is -2.35. The molecule has 8 heteroatoms. The van der Waals surface area contributed by atoms with Crippen LogP contribution in [0.3, 0.4) is 0 Å². The van der Waals surface area contributed by atoms with Crippen LogP contribution in [-0.2, 0) is 19.1 Å². The van der Waals surface area contributed by atoms with E-state index in [0.717, 1.165) is 32.1 Å². The standard InChI is InChI=1S/C19H36N2O4.2ClH/c1-15(2)10-16(13-20)11-17(22)24-8-9-25-18(23)12-19(14-21)6-4-3-5-7-19;;/h15-16H,3-14,20-21H2,1-2H3;2*1H/t16-;;/m0../s1. The molecule has 162 valence electrons. The van der Waals surface area contributed by atoms with E-state index in [2.05, 4.69) is 13.8 Å². The van der Waals surface area contributed by atoms with Crippen molar-refractivity contribution in [3.63, 3.8) is 0 Å². The van der Waals surface area contributed by atoms with Crippen molar-refractivity contribution in [1.29, 1.82) is 0 Å². The summed E-state index contributed by atoms with van der Waals surface area (Å²) in [6.07, 6.45) is 7.03. The number of carbonyl (C=O) groups excluding carboxylic acids is 2. The molecule has 0 unspecified atom stereocenters. The van der Waals surface area contributed by atoms with Gasteiger partial charge in [0.15, 0.2) is 0 Å². The number of hydrogen-bond acceptors (Lipinski definition) is 6. The van der Waals surface area contributed by atoms with Crippen LogP contribution >= 0.6 is 24.8 Å². The van der Waals surface area contributed by atoms with Gasteiger partial charge in [-0.15, -0.1) is 24.8 Å². The summed E-state index contributed by atoms with van der Waals surface area (Å²) in [5, 5.41) is 0. The van der Waals surface area contributed by atoms with Crippen LogP contribution in [0.2, 0.25) is 0 Å². The van der Waals surface area contributed by atoms with E-state index in [4.69, 9.17) is 20.9 Å². The highest BCUT2D eigenvalue weighted by molar-refractivity contribution is 5.85. The van der Waals surface area contributed by atoms with E-state index in [1.165, 1.54) is 6.42 Å². The Labute approximate surface area is 176 Å². The summed E-state index contributed by atoms with van der Waals surface area (Å²) in [5.41, 5.74) is 11.5. The van der Waals surface area contributed by atoms with Crippen molar-refractivity contribution in [2.45, 2.75) is 65.2 Å². The zero-order valence-corrected chi connectivity index (χ0v) is 18.4. The Kier molecular flexibility index (Phi) is 16.3. The summed E-state index contributed by atoms with van der Waals surface area (Å²) in [4.78, 5) is 23.8. The first-order valence-corrected chi connectivity index (χ1v) is 9.62. The fourth-order valence-corrected chi connectivity index (χ4v) is 3.65. The molecule has 0 spiro atoms. The minimum atomic E-state index is -0.280. The van der Waals surface area contributed by atoms with Crippen LogP contribution in [0.5, 0.6) is 0 Å². The quantitative estimate of drug-likeness (QED) is 0.386. The maximum atomic E-state index is 12.0. The zero-order valence-electron chi connectivity index (χ0n) is 16.7. The smallest absolute Gasteiger partial charge is 0.306 e. The van der Waals surface area contributed by atoms with Gasteiger partial charge in [-0.3, -0.25) is 9.59 Å². The monoisotopic (exact) mass is 428 g/mol. The van der Waals surface area contributed by atoms with Gasteiger partial charge in [0.05, 0.1) is 6.42 Å². The highest BCUT2D eigenvalue weighted by Crippen LogP contribution is 2.38. The minimum Gasteiger partial charge on any atom is -0.462 e. The lowest BCUT2D eigenvalue weighted by molar-refractivity contribution is -0.154. The second-order valence-electron chi connectivity index (χ2n) is 7.82. The number of nitrogens with two attached hydrogens (primary N) is 2. The fraction of sp³-hybridized carbons (Fsp3) is 0.895. The third kappa shape index (κ3) is 11.8. The Morgan fingerprint density at radius 2 is 1.52 bits per heavy atom. The molecule has 0 saturated heterocycles. The number of esters is 2. The van der Waals surface area contributed by atoms with Crippen molar-refractivity contribution in [1.82, 2.24) is 0 Å². The molecular weight excluding hydrogens is 391 g/mol. The third-order valence-electron chi connectivity index (χ3n) is 5.07. The van der Waals surface area contributed by atoms with E-state index in [1.807, 2.05) is 0 Å². The largest absolute Gasteiger partial charge is 0.462 e. The van der Waals surface area contributed by atoms with Crippen LogP contribution < -0.4 is 11.5 Å². The van der Waals surface area contributed by atoms with Gasteiger partial charge < -0.3 is 20.9 Å². The van der Waals surface area contributed by atoms with Gasteiger partial charge in [-0.05, 0) is 49.6 Å². The van der Waals surface area contributed by atoms with E-state index >= 15 is 0 Å². The molecule has 27 heavy (non-hydrogen) atoms. The lowest BCUT2D eigenvalue weighted by atomic mass is 9.72. The van der Waals surface area contributed by atoms with Crippen molar-refractivity contribution in [2.24, 2.45) is 28.7 Å². The van der Waals surface area contributed by atoms with Crippen molar-refractivity contribution in [3.05, 3.63) is 0 Å². The van der Waals surface area contributed by atoms with Crippen molar-refractivity contribution >= 4 is 36.8 Å². The molecule has 0 bridgehead atoms. The molecule has 0 heterocycles. The fourth-order valence-electron chi connectivity index (χ4n) is 3.65. The SMILES string of the molecule is CC(C)C[C@H](CN)CC(=O)OCCOC(=O)CC1(CN)CCCCC1.Cl.Cl. The molecule has 1 atom stereocenters. The van der Waals surface area contributed by atoms with E-state index in [9.17, 15) is 9.59 Å². The van der Waals surface area contributed by atoms with E-state index in [-0.39, 0.29) is 61.3 Å². The van der Waals surface area contributed by atoms with E-state index < -0.39 is 0 Å². The first-order chi connectivity index (χ1) is 11.9. The number of hydrogen-bond donors (Lipinski definition) is 2. The summed E-state index contributed by atoms with van der Waals surface area (Å²) >= 11 is 0. The van der Waals surface area contributed by atoms with Crippen LogP contribution in [0, 0.1) is 17.3 Å². The summed E-state index contributed by atoms with van der Waals surface area (Å²) in [5.74, 6) is 0.114. The maximum absolute atomic E-state index is 12.0. The molecule has 1 fully saturated rings. The van der Waals surface area contributed by atoms with Gasteiger partial charge in [-0.25, -0.2) is 0 Å². The first-order valence-electron chi connectivity index (χ1n) is 9.62. The Bertz CT molecular complexity index is 417. The first kappa shape index (κ1) is 28.6. The third-order valence-corrected chi connectivity index (χ3v) is 5.07. The van der Waals surface area contributed by atoms with Crippen LogP contribution in [0.1, 0.15) is 65.2 Å². The van der Waals surface area contributed by atoms with Crippen molar-refractivity contribution in [3.8, 4) is 0 Å². The predicted molar refractivity (Wildman–Crippen MR) is 112 cm³/mol. The molecule has 1 rings (SSSR count). The zero-order chi connectivity index (χ0) is 18.7. The summed E-state index contributed by atoms with van der Waals surface area (Å²) in [7, 11) is 0. The van der Waals surface area contributed by atoms with Gasteiger partial charge in [0.1, 0.15) is 13.2 Å². The molecule has 1 saturated carbocycles. The molecule has 6 nitrogen and oxygen atoms in total. The Hall–Kier alpha value is -0.560. The molecule has 1 aliphatic carbocycles. The van der Waals surface area contributed by atoms with Gasteiger partial charge in [0, 0.05) is 6.42 Å². The van der Waals surface area contributed by atoms with Crippen molar-refractivity contribution < 1.29 is 19.1 Å². The summed E-state index contributed by atoms with van der Waals surface area (Å²) < 4.78 is 10.4. The average Bonchev–Trinajstić information content (AvgIpc) is 2.58. The normalized spacial score (nSPS) is 16.6. The Balaban J connectivity index is 0. The van der Waals surface area contributed by atoms with Gasteiger partial charge in [0.2, 0.25) is 0 Å². The van der Waals surface area contributed by atoms with Crippen LogP contribution in [0.25, 0.3) is 0 Å². The predicted octanol–water partition coefficient (Wildman–Crippen LogP) is 3.23. The number of carbonyl (C=O) groups is 2. The highest BCUT2D eigenvalue weighted by Gasteiger charge is 2.33. The van der Waals surface area contributed by atoms with Gasteiger partial charge in [-0.1, -0.05) is 33.1 Å². The van der Waals surface area contributed by atoms with Crippen molar-refractivity contribution in [2.75, 3.05) is 26.3 Å². The number of ether oxygens (including phenoxy) is 2. The van der Waals surface area contributed by atoms with Gasteiger partial charge in [-0.2, -0.15) is 0 Å². The second kappa shape index (κ2) is 15.4. The van der Waals surface area contributed by atoms with E-state index in [0.29, 0.717) is 31.8 Å². The minimum absolute atomic E-state index is 0. The molecule has 0 aromatic carbocycles. The number of halogens is 2. The van der Waals surface area contributed by atoms with Crippen LogP contribution in [-0.4, -0.2) is 38.2 Å². The van der Waals surface area contributed by atoms with Gasteiger partial charge >= 0.3 is 11.9 Å². The average molecular weight is 429 g/mol. The highest BCUT2D eigenvalue weighted by atomic mass is 35.5. The molecule has 4 N–H and O–H groups in total. The molecule has 0 aliphatic heterocycles. The van der Waals surface area contributed by atoms with Crippen LogP contribution in [0.4, 0.5) is 0 Å². The summed E-state index contributed by atoms with van der Waals surface area (Å²) in [6, 6.07) is 0. The van der Waals surface area contributed by atoms with Gasteiger partial charge in [0.25, 0.3) is 0 Å². The molecule has 1 aliphatic rings. The molecule has 0 aromatic heterocycles. The van der Waals surface area contributed by atoms with Crippen LogP contribution in [0.15, 0.2) is 0 Å². The molecule has 0 aromatic rings. The lowest BCUT2D eigenvalue weighted by Crippen LogP contribution is -2.35. The molecular formula is C19H38Cl2N2O4. The Morgan fingerprint density at radius 1 is 0.963 bits per heavy atom. The molecule has 0 amide bonds. The second-order valence-corrected chi connectivity index (χ2v) is 7.82. The summed E-state index contributed by atoms with van der Waals surface area (Å²) in [6.45, 7) is 5.40. The topological polar surface area (TPSA) is 105 Å². The maximum Gasteiger partial charge on any atom is 0.306 e. The number of rotatable bonds is 11.